The van der Waals surface area contributed by atoms with Gasteiger partial charge in [-0.15, -0.1) is 0 Å². The minimum Gasteiger partial charge on any atom is -0.310 e. The summed E-state index contributed by atoms with van der Waals surface area (Å²) in [5, 5.41) is 3.57. The van der Waals surface area contributed by atoms with Crippen LogP contribution in [0.1, 0.15) is 37.8 Å². The summed E-state index contributed by atoms with van der Waals surface area (Å²) in [5.74, 6) is 1.26. The van der Waals surface area contributed by atoms with Gasteiger partial charge in [0.2, 0.25) is 0 Å². The fourth-order valence-electron chi connectivity index (χ4n) is 2.82. The molecule has 0 unspecified atom stereocenters. The number of nitrogens with zero attached hydrogens (tertiary/aromatic N) is 1. The second-order valence-corrected chi connectivity index (χ2v) is 8.59. The van der Waals surface area contributed by atoms with Gasteiger partial charge in [-0.2, -0.15) is 11.8 Å². The standard InChI is InChI=1S/C17H26N2S/c1-17(2)13-19(9-10-20-17)12-15-5-3-14(4-6-15)11-18-16-7-8-16/h3-6,16,18H,7-13H2,1-2H3. The highest BCUT2D eigenvalue weighted by Crippen LogP contribution is 2.30. The van der Waals surface area contributed by atoms with Crippen LogP contribution in [0.4, 0.5) is 0 Å². The van der Waals surface area contributed by atoms with Crippen molar-refractivity contribution >= 4 is 11.8 Å². The maximum Gasteiger partial charge on any atom is 0.0234 e. The molecule has 0 bridgehead atoms. The molecule has 0 atom stereocenters. The first-order valence-corrected chi connectivity index (χ1v) is 8.77. The highest BCUT2D eigenvalue weighted by molar-refractivity contribution is 8.00. The topological polar surface area (TPSA) is 15.3 Å². The van der Waals surface area contributed by atoms with Gasteiger partial charge in [-0.25, -0.2) is 0 Å². The van der Waals surface area contributed by atoms with Crippen LogP contribution < -0.4 is 5.32 Å². The third kappa shape index (κ3) is 4.24. The molecule has 1 aromatic carbocycles. The molecule has 3 rings (SSSR count). The summed E-state index contributed by atoms with van der Waals surface area (Å²) < 4.78 is 0.409. The van der Waals surface area contributed by atoms with E-state index in [1.165, 1.54) is 42.8 Å². The van der Waals surface area contributed by atoms with Gasteiger partial charge in [0.1, 0.15) is 0 Å². The first-order chi connectivity index (χ1) is 9.61. The highest BCUT2D eigenvalue weighted by atomic mass is 32.2. The van der Waals surface area contributed by atoms with Gasteiger partial charge >= 0.3 is 0 Å². The van der Waals surface area contributed by atoms with Crippen molar-refractivity contribution in [3.05, 3.63) is 35.4 Å². The summed E-state index contributed by atoms with van der Waals surface area (Å²) in [6, 6.07) is 9.98. The fourth-order valence-corrected chi connectivity index (χ4v) is 4.00. The second kappa shape index (κ2) is 6.08. The molecular weight excluding hydrogens is 264 g/mol. The van der Waals surface area contributed by atoms with E-state index in [-0.39, 0.29) is 0 Å². The van der Waals surface area contributed by atoms with Crippen LogP contribution in [0.25, 0.3) is 0 Å². The molecule has 2 fully saturated rings. The first kappa shape index (κ1) is 14.4. The van der Waals surface area contributed by atoms with E-state index in [4.69, 9.17) is 0 Å². The number of benzene rings is 1. The summed E-state index contributed by atoms with van der Waals surface area (Å²) in [4.78, 5) is 2.59. The largest absolute Gasteiger partial charge is 0.310 e. The summed E-state index contributed by atoms with van der Waals surface area (Å²) in [6.07, 6.45) is 2.72. The lowest BCUT2D eigenvalue weighted by atomic mass is 10.1. The molecule has 0 spiro atoms. The lowest BCUT2D eigenvalue weighted by molar-refractivity contribution is 0.252. The van der Waals surface area contributed by atoms with E-state index in [0.717, 1.165) is 19.1 Å². The van der Waals surface area contributed by atoms with Gasteiger partial charge in [0.05, 0.1) is 0 Å². The Morgan fingerprint density at radius 3 is 2.55 bits per heavy atom. The molecule has 0 amide bonds. The van der Waals surface area contributed by atoms with Gasteiger partial charge in [-0.3, -0.25) is 4.90 Å². The van der Waals surface area contributed by atoms with E-state index in [1.54, 1.807) is 0 Å². The smallest absolute Gasteiger partial charge is 0.0234 e. The van der Waals surface area contributed by atoms with Crippen molar-refractivity contribution in [3.8, 4) is 0 Å². The van der Waals surface area contributed by atoms with Crippen LogP contribution in [-0.2, 0) is 13.1 Å². The Balaban J connectivity index is 1.51. The lowest BCUT2D eigenvalue weighted by Gasteiger charge is -2.37. The molecule has 1 saturated carbocycles. The maximum absolute atomic E-state index is 3.57. The molecule has 0 aromatic heterocycles. The van der Waals surface area contributed by atoms with E-state index < -0.39 is 0 Å². The Morgan fingerprint density at radius 1 is 1.20 bits per heavy atom. The molecule has 1 heterocycles. The number of nitrogens with one attached hydrogen (secondary N) is 1. The molecule has 1 aromatic rings. The number of rotatable bonds is 5. The summed E-state index contributed by atoms with van der Waals surface area (Å²) in [7, 11) is 0. The van der Waals surface area contributed by atoms with Crippen molar-refractivity contribution in [2.24, 2.45) is 0 Å². The molecule has 2 aliphatic rings. The highest BCUT2D eigenvalue weighted by Gasteiger charge is 2.26. The van der Waals surface area contributed by atoms with E-state index in [9.17, 15) is 0 Å². The van der Waals surface area contributed by atoms with Crippen molar-refractivity contribution in [2.75, 3.05) is 18.8 Å². The molecule has 1 aliphatic carbocycles. The van der Waals surface area contributed by atoms with Crippen molar-refractivity contribution in [1.29, 1.82) is 0 Å². The Morgan fingerprint density at radius 2 is 1.90 bits per heavy atom. The molecule has 1 aliphatic heterocycles. The Bertz CT molecular complexity index is 437. The maximum atomic E-state index is 3.57. The average molecular weight is 290 g/mol. The SMILES string of the molecule is CC1(C)CN(Cc2ccc(CNC3CC3)cc2)CCS1. The van der Waals surface area contributed by atoms with Crippen LogP contribution in [-0.4, -0.2) is 34.5 Å². The van der Waals surface area contributed by atoms with Crippen molar-refractivity contribution in [1.82, 2.24) is 10.2 Å². The third-order valence-corrected chi connectivity index (χ3v) is 5.40. The van der Waals surface area contributed by atoms with E-state index >= 15 is 0 Å². The van der Waals surface area contributed by atoms with Crippen molar-refractivity contribution in [2.45, 2.75) is 50.6 Å². The molecule has 3 heteroatoms. The molecule has 110 valence electrons. The zero-order chi connectivity index (χ0) is 14.0. The molecule has 0 radical (unpaired) electrons. The minimum atomic E-state index is 0.409. The predicted octanol–water partition coefficient (Wildman–Crippen LogP) is 3.27. The first-order valence-electron chi connectivity index (χ1n) is 7.78. The fraction of sp³-hybridized carbons (Fsp3) is 0.647. The van der Waals surface area contributed by atoms with Crippen molar-refractivity contribution < 1.29 is 0 Å². The number of hydrogen-bond acceptors (Lipinski definition) is 3. The zero-order valence-electron chi connectivity index (χ0n) is 12.7. The van der Waals surface area contributed by atoms with Crippen LogP contribution in [0.3, 0.4) is 0 Å². The van der Waals surface area contributed by atoms with Gasteiger partial charge in [0.25, 0.3) is 0 Å². The van der Waals surface area contributed by atoms with E-state index in [0.29, 0.717) is 4.75 Å². The molecule has 20 heavy (non-hydrogen) atoms. The normalized spacial score (nSPS) is 22.9. The van der Waals surface area contributed by atoms with E-state index in [1.807, 2.05) is 0 Å². The quantitative estimate of drug-likeness (QED) is 0.896. The van der Waals surface area contributed by atoms with Crippen LogP contribution in [0.2, 0.25) is 0 Å². The summed E-state index contributed by atoms with van der Waals surface area (Å²) in [5.41, 5.74) is 2.86. The molecule has 2 nitrogen and oxygen atoms in total. The number of thioether (sulfide) groups is 1. The Kier molecular flexibility index (Phi) is 4.39. The lowest BCUT2D eigenvalue weighted by Crippen LogP contribution is -2.42. The van der Waals surface area contributed by atoms with Crippen LogP contribution >= 0.6 is 11.8 Å². The molecule has 1 saturated heterocycles. The summed E-state index contributed by atoms with van der Waals surface area (Å²) in [6.45, 7) is 9.26. The minimum absolute atomic E-state index is 0.409. The van der Waals surface area contributed by atoms with Crippen molar-refractivity contribution in [3.63, 3.8) is 0 Å². The van der Waals surface area contributed by atoms with Crippen LogP contribution in [0.15, 0.2) is 24.3 Å². The zero-order valence-corrected chi connectivity index (χ0v) is 13.5. The van der Waals surface area contributed by atoms with Gasteiger partial charge < -0.3 is 5.32 Å². The predicted molar refractivity (Wildman–Crippen MR) is 88.1 cm³/mol. The van der Waals surface area contributed by atoms with Crippen LogP contribution in [0, 0.1) is 0 Å². The average Bonchev–Trinajstić information content (AvgIpc) is 3.21. The Labute approximate surface area is 127 Å². The monoisotopic (exact) mass is 290 g/mol. The number of hydrogen-bond donors (Lipinski definition) is 1. The van der Waals surface area contributed by atoms with Crippen LogP contribution in [0.5, 0.6) is 0 Å². The van der Waals surface area contributed by atoms with Gasteiger partial charge in [0, 0.05) is 42.7 Å². The van der Waals surface area contributed by atoms with Gasteiger partial charge in [0.15, 0.2) is 0 Å². The van der Waals surface area contributed by atoms with Gasteiger partial charge in [-0.05, 0) is 37.8 Å². The third-order valence-electron chi connectivity index (χ3n) is 4.11. The Hall–Kier alpha value is -0.510. The van der Waals surface area contributed by atoms with E-state index in [2.05, 4.69) is 60.1 Å². The second-order valence-electron chi connectivity index (χ2n) is 6.79. The molecule has 1 N–H and O–H groups in total. The summed E-state index contributed by atoms with van der Waals surface area (Å²) >= 11 is 2.10. The van der Waals surface area contributed by atoms with Gasteiger partial charge in [-0.1, -0.05) is 24.3 Å². The molecular formula is C17H26N2S.